The summed E-state index contributed by atoms with van der Waals surface area (Å²) < 4.78 is 5.60. The molecular weight excluding hydrogens is 248 g/mol. The van der Waals surface area contributed by atoms with Crippen LogP contribution in [0.3, 0.4) is 0 Å². The summed E-state index contributed by atoms with van der Waals surface area (Å²) in [5.74, 6) is 1.48. The van der Waals surface area contributed by atoms with Crippen LogP contribution in [-0.2, 0) is 4.74 Å². The average molecular weight is 282 g/mol. The summed E-state index contributed by atoms with van der Waals surface area (Å²) in [5.41, 5.74) is 0.338. The van der Waals surface area contributed by atoms with Crippen molar-refractivity contribution < 1.29 is 4.74 Å². The molecule has 2 unspecified atom stereocenters. The highest BCUT2D eigenvalue weighted by Gasteiger charge is 2.42. The molecule has 0 aromatic carbocycles. The summed E-state index contributed by atoms with van der Waals surface area (Å²) in [5, 5.41) is 3.80. The lowest BCUT2D eigenvalue weighted by Gasteiger charge is -2.53. The third-order valence-electron chi connectivity index (χ3n) is 5.22. The van der Waals surface area contributed by atoms with Crippen LogP contribution in [-0.4, -0.2) is 48.8 Å². The first kappa shape index (κ1) is 16.3. The number of rotatable bonds is 4. The molecule has 2 fully saturated rings. The predicted molar refractivity (Wildman–Crippen MR) is 85.0 cm³/mol. The zero-order valence-electron chi connectivity index (χ0n) is 14.1. The van der Waals surface area contributed by atoms with Crippen LogP contribution in [0.1, 0.15) is 53.9 Å². The monoisotopic (exact) mass is 282 g/mol. The molecule has 0 saturated carbocycles. The van der Waals surface area contributed by atoms with Crippen molar-refractivity contribution in [3.63, 3.8) is 0 Å². The van der Waals surface area contributed by atoms with E-state index < -0.39 is 0 Å². The maximum absolute atomic E-state index is 5.60. The van der Waals surface area contributed by atoms with Gasteiger partial charge in [0.15, 0.2) is 0 Å². The Hall–Kier alpha value is -0.120. The van der Waals surface area contributed by atoms with E-state index in [2.05, 4.69) is 44.8 Å². The third-order valence-corrected chi connectivity index (χ3v) is 5.22. The Balaban J connectivity index is 2.09. The van der Waals surface area contributed by atoms with Crippen molar-refractivity contribution in [1.82, 2.24) is 10.2 Å². The fraction of sp³-hybridized carbons (Fsp3) is 1.00. The topological polar surface area (TPSA) is 24.5 Å². The molecule has 0 aromatic heterocycles. The summed E-state index contributed by atoms with van der Waals surface area (Å²) in [6.45, 7) is 16.1. The fourth-order valence-corrected chi connectivity index (χ4v) is 3.88. The van der Waals surface area contributed by atoms with Gasteiger partial charge in [-0.25, -0.2) is 0 Å². The maximum Gasteiger partial charge on any atom is 0.0483 e. The van der Waals surface area contributed by atoms with Gasteiger partial charge in [-0.1, -0.05) is 27.7 Å². The lowest BCUT2D eigenvalue weighted by molar-refractivity contribution is -0.0643. The first-order valence-corrected chi connectivity index (χ1v) is 8.50. The van der Waals surface area contributed by atoms with Gasteiger partial charge in [0.1, 0.15) is 0 Å². The molecule has 0 amide bonds. The second-order valence-electron chi connectivity index (χ2n) is 7.81. The summed E-state index contributed by atoms with van der Waals surface area (Å²) in [6.07, 6.45) is 3.66. The Morgan fingerprint density at radius 2 is 1.85 bits per heavy atom. The summed E-state index contributed by atoms with van der Waals surface area (Å²) >= 11 is 0. The quantitative estimate of drug-likeness (QED) is 0.858. The first-order chi connectivity index (χ1) is 9.42. The number of nitrogens with zero attached hydrogens (tertiary/aromatic N) is 1. The molecule has 20 heavy (non-hydrogen) atoms. The minimum atomic E-state index is 0.338. The van der Waals surface area contributed by atoms with Gasteiger partial charge in [0.2, 0.25) is 0 Å². The third kappa shape index (κ3) is 3.75. The minimum Gasteiger partial charge on any atom is -0.381 e. The van der Waals surface area contributed by atoms with Crippen LogP contribution in [0.5, 0.6) is 0 Å². The molecule has 2 saturated heterocycles. The van der Waals surface area contributed by atoms with Crippen LogP contribution in [0.4, 0.5) is 0 Å². The number of ether oxygens (including phenoxy) is 1. The predicted octanol–water partition coefficient (Wildman–Crippen LogP) is 2.90. The van der Waals surface area contributed by atoms with Crippen LogP contribution >= 0.6 is 0 Å². The number of hydrogen-bond donors (Lipinski definition) is 1. The zero-order chi connectivity index (χ0) is 14.8. The van der Waals surface area contributed by atoms with Gasteiger partial charge in [-0.3, -0.25) is 4.90 Å². The molecule has 118 valence electrons. The van der Waals surface area contributed by atoms with Crippen molar-refractivity contribution in [2.45, 2.75) is 71.5 Å². The van der Waals surface area contributed by atoms with E-state index in [1.54, 1.807) is 0 Å². The second-order valence-corrected chi connectivity index (χ2v) is 7.81. The first-order valence-electron chi connectivity index (χ1n) is 8.50. The summed E-state index contributed by atoms with van der Waals surface area (Å²) in [4.78, 5) is 2.82. The second kappa shape index (κ2) is 6.76. The molecule has 0 radical (unpaired) electrons. The lowest BCUT2D eigenvalue weighted by atomic mass is 9.84. The molecule has 0 spiro atoms. The Kier molecular flexibility index (Phi) is 5.49. The van der Waals surface area contributed by atoms with Crippen molar-refractivity contribution in [2.24, 2.45) is 11.8 Å². The van der Waals surface area contributed by atoms with Gasteiger partial charge in [0, 0.05) is 43.9 Å². The molecule has 2 aliphatic heterocycles. The van der Waals surface area contributed by atoms with Crippen LogP contribution in [0.25, 0.3) is 0 Å². The van der Waals surface area contributed by atoms with E-state index in [9.17, 15) is 0 Å². The van der Waals surface area contributed by atoms with Crippen LogP contribution in [0.2, 0.25) is 0 Å². The maximum atomic E-state index is 5.60. The molecular formula is C17H34N2O. The summed E-state index contributed by atoms with van der Waals surface area (Å²) in [6, 6.07) is 1.33. The molecule has 0 aromatic rings. The molecule has 1 N–H and O–H groups in total. The van der Waals surface area contributed by atoms with Crippen LogP contribution in [0, 0.1) is 11.8 Å². The van der Waals surface area contributed by atoms with Gasteiger partial charge in [-0.2, -0.15) is 0 Å². The number of hydrogen-bond acceptors (Lipinski definition) is 3. The average Bonchev–Trinajstić information content (AvgIpc) is 2.38. The molecule has 3 nitrogen and oxygen atoms in total. The van der Waals surface area contributed by atoms with Gasteiger partial charge < -0.3 is 10.1 Å². The standard InChI is InChI=1S/C17H34N2O/c1-13(2)10-15-12-19(16(11-18-15)14(3)4)17(5)6-8-20-9-7-17/h13-16,18H,6-12H2,1-5H3. The van der Waals surface area contributed by atoms with E-state index in [1.807, 2.05) is 0 Å². The van der Waals surface area contributed by atoms with E-state index in [4.69, 9.17) is 4.74 Å². The Morgan fingerprint density at radius 3 is 2.40 bits per heavy atom. The van der Waals surface area contributed by atoms with Crippen molar-refractivity contribution in [2.75, 3.05) is 26.3 Å². The van der Waals surface area contributed by atoms with Gasteiger partial charge in [0.25, 0.3) is 0 Å². The smallest absolute Gasteiger partial charge is 0.0483 e. The lowest BCUT2D eigenvalue weighted by Crippen LogP contribution is -2.66. The molecule has 2 heterocycles. The minimum absolute atomic E-state index is 0.338. The van der Waals surface area contributed by atoms with E-state index in [0.717, 1.165) is 25.7 Å². The van der Waals surface area contributed by atoms with Crippen molar-refractivity contribution in [3.8, 4) is 0 Å². The van der Waals surface area contributed by atoms with E-state index >= 15 is 0 Å². The van der Waals surface area contributed by atoms with Crippen molar-refractivity contribution >= 4 is 0 Å². The fourth-order valence-electron chi connectivity index (χ4n) is 3.88. The highest BCUT2D eigenvalue weighted by Crippen LogP contribution is 2.33. The van der Waals surface area contributed by atoms with Gasteiger partial charge in [0.05, 0.1) is 0 Å². The van der Waals surface area contributed by atoms with E-state index in [1.165, 1.54) is 25.8 Å². The largest absolute Gasteiger partial charge is 0.381 e. The Morgan fingerprint density at radius 1 is 1.20 bits per heavy atom. The molecule has 3 heteroatoms. The Labute approximate surface area is 125 Å². The SMILES string of the molecule is CC(C)CC1CN(C2(C)CCOCC2)C(C(C)C)CN1. The molecule has 2 rings (SSSR count). The number of piperazine rings is 1. The van der Waals surface area contributed by atoms with E-state index in [0.29, 0.717) is 23.5 Å². The van der Waals surface area contributed by atoms with Gasteiger partial charge in [-0.15, -0.1) is 0 Å². The van der Waals surface area contributed by atoms with E-state index in [-0.39, 0.29) is 0 Å². The van der Waals surface area contributed by atoms with Crippen molar-refractivity contribution in [1.29, 1.82) is 0 Å². The Bertz CT molecular complexity index is 297. The molecule has 0 aliphatic carbocycles. The van der Waals surface area contributed by atoms with Gasteiger partial charge >= 0.3 is 0 Å². The van der Waals surface area contributed by atoms with Crippen LogP contribution < -0.4 is 5.32 Å². The molecule has 0 bridgehead atoms. The number of nitrogens with one attached hydrogen (secondary N) is 1. The van der Waals surface area contributed by atoms with Crippen LogP contribution in [0.15, 0.2) is 0 Å². The van der Waals surface area contributed by atoms with Gasteiger partial charge in [-0.05, 0) is 38.0 Å². The van der Waals surface area contributed by atoms with Crippen molar-refractivity contribution in [3.05, 3.63) is 0 Å². The molecule has 2 atom stereocenters. The molecule has 2 aliphatic rings. The highest BCUT2D eigenvalue weighted by molar-refractivity contribution is 4.98. The zero-order valence-corrected chi connectivity index (χ0v) is 14.1. The normalized spacial score (nSPS) is 31.9. The highest BCUT2D eigenvalue weighted by atomic mass is 16.5. The summed E-state index contributed by atoms with van der Waals surface area (Å²) in [7, 11) is 0.